The van der Waals surface area contributed by atoms with E-state index in [0.717, 1.165) is 24.4 Å². The Morgan fingerprint density at radius 2 is 1.96 bits per heavy atom. The molecule has 2 saturated heterocycles. The van der Waals surface area contributed by atoms with Crippen molar-refractivity contribution >= 4 is 27.1 Å². The quantitative estimate of drug-likeness (QED) is 0.783. The molecule has 2 aliphatic heterocycles. The molecule has 0 spiro atoms. The molecule has 0 aromatic carbocycles. The second-order valence-corrected chi connectivity index (χ2v) is 10.9. The number of carbonyl (C=O) groups is 1. The van der Waals surface area contributed by atoms with Crippen LogP contribution in [0.2, 0.25) is 0 Å². The average molecular weight is 385 g/mol. The second-order valence-electron chi connectivity index (χ2n) is 7.52. The Hall–Kier alpha value is -0.920. The molecule has 140 valence electrons. The molecule has 5 nitrogen and oxygen atoms in total. The molecule has 1 aromatic heterocycles. The second kappa shape index (κ2) is 7.76. The van der Waals surface area contributed by atoms with Crippen LogP contribution < -0.4 is 0 Å². The fourth-order valence-electron chi connectivity index (χ4n) is 3.56. The van der Waals surface area contributed by atoms with Crippen molar-refractivity contribution in [3.8, 4) is 0 Å². The summed E-state index contributed by atoms with van der Waals surface area (Å²) in [5.41, 5.74) is 0. The van der Waals surface area contributed by atoms with E-state index in [1.54, 1.807) is 16.2 Å². The highest BCUT2D eigenvalue weighted by molar-refractivity contribution is 7.91. The predicted octanol–water partition coefficient (Wildman–Crippen LogP) is 2.80. The van der Waals surface area contributed by atoms with Crippen molar-refractivity contribution in [1.29, 1.82) is 0 Å². The number of thiophene rings is 1. The summed E-state index contributed by atoms with van der Waals surface area (Å²) < 4.78 is 23.1. The number of likely N-dealkylation sites (tertiary alicyclic amines) is 1. The van der Waals surface area contributed by atoms with Gasteiger partial charge in [-0.15, -0.1) is 11.3 Å². The lowest BCUT2D eigenvalue weighted by molar-refractivity contribution is 0.0775. The van der Waals surface area contributed by atoms with Crippen LogP contribution in [0.1, 0.15) is 53.7 Å². The summed E-state index contributed by atoms with van der Waals surface area (Å²) >= 11 is 1.59. The fraction of sp³-hybridized carbons (Fsp3) is 0.722. The Labute approximate surface area is 154 Å². The number of amides is 1. The van der Waals surface area contributed by atoms with Gasteiger partial charge in [0.2, 0.25) is 0 Å². The molecule has 7 heteroatoms. The van der Waals surface area contributed by atoms with E-state index < -0.39 is 9.84 Å². The number of hydrogen-bond acceptors (Lipinski definition) is 5. The maximum absolute atomic E-state index is 12.7. The molecular weight excluding hydrogens is 356 g/mol. The molecule has 0 radical (unpaired) electrons. The van der Waals surface area contributed by atoms with E-state index in [4.69, 9.17) is 0 Å². The zero-order valence-electron chi connectivity index (χ0n) is 15.1. The molecule has 25 heavy (non-hydrogen) atoms. The van der Waals surface area contributed by atoms with E-state index in [1.165, 1.54) is 17.7 Å². The van der Waals surface area contributed by atoms with Gasteiger partial charge in [-0.05, 0) is 50.4 Å². The Kier molecular flexibility index (Phi) is 5.85. The van der Waals surface area contributed by atoms with Crippen LogP contribution in [0.25, 0.3) is 0 Å². The number of hydrogen-bond donors (Lipinski definition) is 0. The van der Waals surface area contributed by atoms with Gasteiger partial charge >= 0.3 is 0 Å². The molecule has 1 amide bonds. The zero-order valence-corrected chi connectivity index (χ0v) is 16.7. The molecule has 0 N–H and O–H groups in total. The summed E-state index contributed by atoms with van der Waals surface area (Å²) in [6, 6.07) is 4.45. The standard InChI is InChI=1S/C18H28N2O3S2/c1-14(2)7-9-19-8-3-4-15(19)16-5-6-17(24-16)18(21)20-10-12-25(22,23)13-11-20/h5-6,14-15H,3-4,7-13H2,1-2H3. The first-order valence-corrected chi connectivity index (χ1v) is 11.8. The third-order valence-electron chi connectivity index (χ3n) is 5.15. The first-order chi connectivity index (χ1) is 11.9. The van der Waals surface area contributed by atoms with Gasteiger partial charge in [-0.3, -0.25) is 9.69 Å². The Morgan fingerprint density at radius 1 is 1.24 bits per heavy atom. The summed E-state index contributed by atoms with van der Waals surface area (Å²) in [5.74, 6) is 0.862. The highest BCUT2D eigenvalue weighted by Crippen LogP contribution is 2.36. The minimum absolute atomic E-state index is 0.0159. The molecule has 1 atom stereocenters. The molecule has 2 aliphatic rings. The third-order valence-corrected chi connectivity index (χ3v) is 7.94. The monoisotopic (exact) mass is 384 g/mol. The van der Waals surface area contributed by atoms with Crippen molar-refractivity contribution in [2.24, 2.45) is 5.92 Å². The van der Waals surface area contributed by atoms with Gasteiger partial charge in [0.05, 0.1) is 16.4 Å². The summed E-state index contributed by atoms with van der Waals surface area (Å²) in [4.78, 5) is 18.9. The van der Waals surface area contributed by atoms with E-state index in [0.29, 0.717) is 25.0 Å². The highest BCUT2D eigenvalue weighted by atomic mass is 32.2. The lowest BCUT2D eigenvalue weighted by Crippen LogP contribution is -2.43. The lowest BCUT2D eigenvalue weighted by atomic mass is 10.1. The highest BCUT2D eigenvalue weighted by Gasteiger charge is 2.30. The van der Waals surface area contributed by atoms with Crippen molar-refractivity contribution in [2.45, 2.75) is 39.2 Å². The smallest absolute Gasteiger partial charge is 0.263 e. The molecule has 0 bridgehead atoms. The number of carbonyl (C=O) groups excluding carboxylic acids is 1. The van der Waals surface area contributed by atoms with Gasteiger partial charge < -0.3 is 4.90 Å². The van der Waals surface area contributed by atoms with Crippen LogP contribution in [0.5, 0.6) is 0 Å². The topological polar surface area (TPSA) is 57.7 Å². The van der Waals surface area contributed by atoms with Crippen LogP contribution in [0, 0.1) is 5.92 Å². The van der Waals surface area contributed by atoms with Crippen LogP contribution in [0.3, 0.4) is 0 Å². The summed E-state index contributed by atoms with van der Waals surface area (Å²) in [6.45, 7) is 7.41. The molecule has 0 saturated carbocycles. The number of sulfone groups is 1. The van der Waals surface area contributed by atoms with Crippen LogP contribution >= 0.6 is 11.3 Å². The van der Waals surface area contributed by atoms with E-state index in [2.05, 4.69) is 24.8 Å². The summed E-state index contributed by atoms with van der Waals surface area (Å²) in [5, 5.41) is 0. The molecule has 0 aliphatic carbocycles. The minimum Gasteiger partial charge on any atom is -0.336 e. The van der Waals surface area contributed by atoms with E-state index in [1.807, 2.05) is 6.07 Å². The molecule has 3 rings (SSSR count). The van der Waals surface area contributed by atoms with Crippen LogP contribution in [-0.4, -0.2) is 61.8 Å². The van der Waals surface area contributed by atoms with Gasteiger partial charge in [-0.1, -0.05) is 13.8 Å². The van der Waals surface area contributed by atoms with Gasteiger partial charge in [0.15, 0.2) is 9.84 Å². The fourth-order valence-corrected chi connectivity index (χ4v) is 5.90. The first-order valence-electron chi connectivity index (χ1n) is 9.19. The summed E-state index contributed by atoms with van der Waals surface area (Å²) in [6.07, 6.45) is 3.58. The van der Waals surface area contributed by atoms with E-state index >= 15 is 0 Å². The first kappa shape index (κ1) is 18.9. The van der Waals surface area contributed by atoms with Crippen LogP contribution in [-0.2, 0) is 9.84 Å². The minimum atomic E-state index is -2.96. The van der Waals surface area contributed by atoms with Crippen LogP contribution in [0.15, 0.2) is 12.1 Å². The number of nitrogens with zero attached hydrogens (tertiary/aromatic N) is 2. The summed E-state index contributed by atoms with van der Waals surface area (Å²) in [7, 11) is -2.96. The van der Waals surface area contributed by atoms with Crippen molar-refractivity contribution in [3.63, 3.8) is 0 Å². The van der Waals surface area contributed by atoms with Gasteiger partial charge in [0, 0.05) is 24.0 Å². The Bertz CT molecular complexity index is 698. The molecule has 3 heterocycles. The Morgan fingerprint density at radius 3 is 2.64 bits per heavy atom. The van der Waals surface area contributed by atoms with Crippen LogP contribution in [0.4, 0.5) is 0 Å². The van der Waals surface area contributed by atoms with Gasteiger partial charge in [0.1, 0.15) is 0 Å². The van der Waals surface area contributed by atoms with Gasteiger partial charge in [-0.25, -0.2) is 8.42 Å². The van der Waals surface area contributed by atoms with Gasteiger partial charge in [-0.2, -0.15) is 0 Å². The number of rotatable bonds is 5. The molecule has 1 aromatic rings. The maximum atomic E-state index is 12.7. The van der Waals surface area contributed by atoms with Crippen molar-refractivity contribution < 1.29 is 13.2 Å². The van der Waals surface area contributed by atoms with Crippen molar-refractivity contribution in [3.05, 3.63) is 21.9 Å². The third kappa shape index (κ3) is 4.63. The normalized spacial score (nSPS) is 24.1. The predicted molar refractivity (Wildman–Crippen MR) is 102 cm³/mol. The molecule has 1 unspecified atom stereocenters. The van der Waals surface area contributed by atoms with Crippen molar-refractivity contribution in [2.75, 3.05) is 37.7 Å². The van der Waals surface area contributed by atoms with E-state index in [-0.39, 0.29) is 17.4 Å². The van der Waals surface area contributed by atoms with Crippen molar-refractivity contribution in [1.82, 2.24) is 9.80 Å². The molecule has 2 fully saturated rings. The SMILES string of the molecule is CC(C)CCN1CCCC1c1ccc(C(=O)N2CCS(=O)(=O)CC2)s1. The zero-order chi connectivity index (χ0) is 18.0. The lowest BCUT2D eigenvalue weighted by Gasteiger charge is -2.26. The molecular formula is C18H28N2O3S2. The van der Waals surface area contributed by atoms with Gasteiger partial charge in [0.25, 0.3) is 5.91 Å². The van der Waals surface area contributed by atoms with E-state index in [9.17, 15) is 13.2 Å². The Balaban J connectivity index is 1.64. The largest absolute Gasteiger partial charge is 0.336 e. The maximum Gasteiger partial charge on any atom is 0.263 e. The average Bonchev–Trinajstić information content (AvgIpc) is 3.21.